The SMILES string of the molecule is Cc1cc(OCc2nnc(SC3(S)C(S)(S)C(S)(S)C(S)(S)C3(S)S)n2-c2cccnc2)ccc1C#CCOC(=O)N1CCC1. The molecule has 0 N–H and O–H groups in total. The van der Waals surface area contributed by atoms with Gasteiger partial charge in [0.05, 0.1) is 11.9 Å². The highest BCUT2D eigenvalue weighted by Crippen LogP contribution is 2.78. The molecule has 2 aromatic heterocycles. The van der Waals surface area contributed by atoms with Crippen molar-refractivity contribution in [1.82, 2.24) is 24.6 Å². The summed E-state index contributed by atoms with van der Waals surface area (Å²) in [5, 5.41) is 9.33. The lowest BCUT2D eigenvalue weighted by molar-refractivity contribution is 0.0907. The van der Waals surface area contributed by atoms with Crippen molar-refractivity contribution in [2.75, 3.05) is 19.7 Å². The van der Waals surface area contributed by atoms with Crippen LogP contribution in [0, 0.1) is 18.8 Å². The number of benzene rings is 1. The first-order valence-electron chi connectivity index (χ1n) is 13.2. The van der Waals surface area contributed by atoms with E-state index in [0.717, 1.165) is 30.6 Å². The summed E-state index contributed by atoms with van der Waals surface area (Å²) in [4.78, 5) is 17.8. The van der Waals surface area contributed by atoms with Gasteiger partial charge in [0.1, 0.15) is 32.8 Å². The number of aromatic nitrogens is 4. The molecule has 5 rings (SSSR count). The number of hydrogen-bond acceptors (Lipinski definition) is 16. The fraction of sp³-hybridized carbons (Fsp3) is 0.407. The Kier molecular flexibility index (Phi) is 10.8. The van der Waals surface area contributed by atoms with Crippen LogP contribution >= 0.6 is 125 Å². The molecule has 18 heteroatoms. The number of carbonyl (C=O) groups excluding carboxylic acids is 1. The van der Waals surface area contributed by atoms with Crippen LogP contribution in [0.5, 0.6) is 5.75 Å². The molecule has 8 nitrogen and oxygen atoms in total. The van der Waals surface area contributed by atoms with Gasteiger partial charge >= 0.3 is 6.09 Å². The normalized spacial score (nSPS) is 20.1. The Bertz CT molecular complexity index is 1630. The second-order valence-electron chi connectivity index (χ2n) is 10.3. The molecule has 2 aliphatic rings. The summed E-state index contributed by atoms with van der Waals surface area (Å²) < 4.78 is 6.46. The summed E-state index contributed by atoms with van der Waals surface area (Å²) in [7, 11) is 0. The van der Waals surface area contributed by atoms with E-state index >= 15 is 0 Å². The van der Waals surface area contributed by atoms with Gasteiger partial charge in [-0.2, -0.15) is 114 Å². The molecule has 3 heterocycles. The van der Waals surface area contributed by atoms with Gasteiger partial charge < -0.3 is 14.4 Å². The number of carbonyl (C=O) groups is 1. The third-order valence-electron chi connectivity index (χ3n) is 7.42. The van der Waals surface area contributed by atoms with Crippen LogP contribution < -0.4 is 4.74 Å². The monoisotopic (exact) mass is 791 g/mol. The van der Waals surface area contributed by atoms with Crippen LogP contribution in [0.25, 0.3) is 5.69 Å². The van der Waals surface area contributed by atoms with Crippen LogP contribution in [0.15, 0.2) is 47.9 Å². The maximum Gasteiger partial charge on any atom is 0.410 e. The fourth-order valence-corrected chi connectivity index (χ4v) is 11.3. The molecule has 0 spiro atoms. The molecule has 1 aliphatic heterocycles. The molecular weight excluding hydrogens is 763 g/mol. The van der Waals surface area contributed by atoms with Crippen LogP contribution in [0.1, 0.15) is 23.4 Å². The molecular formula is C27H29N5O3S10. The maximum absolute atomic E-state index is 11.8. The minimum Gasteiger partial charge on any atom is -0.486 e. The third-order valence-corrected chi connectivity index (χ3v) is 18.5. The lowest BCUT2D eigenvalue weighted by atomic mass is 10.1. The van der Waals surface area contributed by atoms with Crippen LogP contribution in [-0.4, -0.2) is 70.8 Å². The summed E-state index contributed by atoms with van der Waals surface area (Å²) >= 11 is 44.5. The topological polar surface area (TPSA) is 82.4 Å². The standard InChI is InChI=1S/C27H29N5O3S10/c1-16-13-19(8-7-17(16)5-3-12-34-22(33)31-10-4-11-31)35-15-20-29-30-21(32(20)18-6-2-9-28-14-18)45-27(44)25(40,41)23(36,37)24(38,39)26(27,42)43/h2,6-9,13-14,36-44H,4,10-12,15H2,1H3. The van der Waals surface area contributed by atoms with Crippen molar-refractivity contribution in [1.29, 1.82) is 0 Å². The molecule has 2 fully saturated rings. The lowest BCUT2D eigenvalue weighted by Crippen LogP contribution is -2.49. The molecule has 0 atom stereocenters. The van der Waals surface area contributed by atoms with E-state index in [1.165, 1.54) is 11.8 Å². The first-order chi connectivity index (χ1) is 21.0. The van der Waals surface area contributed by atoms with Crippen molar-refractivity contribution in [3.05, 3.63) is 59.7 Å². The number of aryl methyl sites for hydroxylation is 1. The van der Waals surface area contributed by atoms with Crippen LogP contribution in [0.4, 0.5) is 4.79 Å². The highest BCUT2D eigenvalue weighted by atomic mass is 32.2. The predicted octanol–water partition coefficient (Wildman–Crippen LogP) is 5.70. The molecule has 1 aliphatic carbocycles. The Labute approximate surface area is 315 Å². The zero-order valence-electron chi connectivity index (χ0n) is 23.5. The summed E-state index contributed by atoms with van der Waals surface area (Å²) in [6, 6.07) is 9.22. The summed E-state index contributed by atoms with van der Waals surface area (Å²) in [5.41, 5.74) is 2.39. The van der Waals surface area contributed by atoms with Crippen molar-refractivity contribution >= 4 is 132 Å². The number of nitrogens with zero attached hydrogens (tertiary/aromatic N) is 5. The van der Waals surface area contributed by atoms with Crippen molar-refractivity contribution in [3.8, 4) is 23.3 Å². The minimum atomic E-state index is -1.35. The molecule has 3 aromatic rings. The van der Waals surface area contributed by atoms with Gasteiger partial charge in [-0.05, 0) is 49.2 Å². The van der Waals surface area contributed by atoms with E-state index in [0.29, 0.717) is 22.4 Å². The van der Waals surface area contributed by atoms with E-state index in [2.05, 4.69) is 27.0 Å². The average molecular weight is 792 g/mol. The number of thiol groups is 9. The predicted molar refractivity (Wildman–Crippen MR) is 209 cm³/mol. The van der Waals surface area contributed by atoms with Gasteiger partial charge in [-0.15, -0.1) is 10.2 Å². The van der Waals surface area contributed by atoms with E-state index in [-0.39, 0.29) is 19.3 Å². The zero-order valence-corrected chi connectivity index (χ0v) is 32.3. The molecule has 1 saturated carbocycles. The average Bonchev–Trinajstić information content (AvgIpc) is 3.37. The number of amides is 1. The van der Waals surface area contributed by atoms with Gasteiger partial charge in [0.15, 0.2) is 17.6 Å². The molecule has 0 radical (unpaired) electrons. The van der Waals surface area contributed by atoms with Gasteiger partial charge in [0.2, 0.25) is 0 Å². The van der Waals surface area contributed by atoms with Crippen molar-refractivity contribution < 1.29 is 14.3 Å². The number of likely N-dealkylation sites (tertiary alicyclic amines) is 1. The second kappa shape index (κ2) is 13.5. The molecule has 1 saturated heterocycles. The Morgan fingerprint density at radius 3 is 2.24 bits per heavy atom. The highest BCUT2D eigenvalue weighted by Gasteiger charge is 2.81. The fourth-order valence-electron chi connectivity index (χ4n) is 4.51. The highest BCUT2D eigenvalue weighted by molar-refractivity contribution is 8.21. The van der Waals surface area contributed by atoms with Crippen molar-refractivity contribution in [2.45, 2.75) is 45.5 Å². The van der Waals surface area contributed by atoms with Crippen LogP contribution in [0.3, 0.4) is 0 Å². The summed E-state index contributed by atoms with van der Waals surface area (Å²) in [6.45, 7) is 3.50. The van der Waals surface area contributed by atoms with E-state index in [1.807, 2.05) is 31.2 Å². The lowest BCUT2D eigenvalue weighted by Gasteiger charge is -2.43. The smallest absolute Gasteiger partial charge is 0.410 e. The van der Waals surface area contributed by atoms with E-state index in [1.54, 1.807) is 27.9 Å². The van der Waals surface area contributed by atoms with Gasteiger partial charge in [-0.25, -0.2) is 4.79 Å². The van der Waals surface area contributed by atoms with Crippen LogP contribution in [-0.2, 0) is 11.3 Å². The van der Waals surface area contributed by atoms with Gasteiger partial charge in [0, 0.05) is 24.8 Å². The molecule has 0 unspecified atom stereocenters. The largest absolute Gasteiger partial charge is 0.486 e. The van der Waals surface area contributed by atoms with E-state index < -0.39 is 20.4 Å². The zero-order chi connectivity index (χ0) is 32.8. The number of pyridine rings is 1. The first kappa shape index (κ1) is 35.9. The van der Waals surface area contributed by atoms with Gasteiger partial charge in [-0.1, -0.05) is 23.6 Å². The maximum atomic E-state index is 11.8. The summed E-state index contributed by atoms with van der Waals surface area (Å²) in [6.07, 6.45) is 4.03. The Morgan fingerprint density at radius 2 is 1.67 bits per heavy atom. The van der Waals surface area contributed by atoms with Crippen molar-refractivity contribution in [3.63, 3.8) is 0 Å². The number of thioether (sulfide) groups is 1. The van der Waals surface area contributed by atoms with Crippen molar-refractivity contribution in [2.24, 2.45) is 0 Å². The first-order valence-corrected chi connectivity index (χ1v) is 18.1. The Hall–Kier alpha value is -0.360. The summed E-state index contributed by atoms with van der Waals surface area (Å²) in [5.74, 6) is 7.05. The third kappa shape index (κ3) is 6.29. The molecule has 45 heavy (non-hydrogen) atoms. The Balaban J connectivity index is 1.37. The number of ether oxygens (including phenoxy) is 2. The van der Waals surface area contributed by atoms with Gasteiger partial charge in [-0.3, -0.25) is 9.55 Å². The molecule has 240 valence electrons. The van der Waals surface area contributed by atoms with Gasteiger partial charge in [0.25, 0.3) is 0 Å². The minimum absolute atomic E-state index is 0.0278. The van der Waals surface area contributed by atoms with Crippen LogP contribution in [0.2, 0.25) is 0 Å². The Morgan fingerprint density at radius 1 is 0.978 bits per heavy atom. The quantitative estimate of drug-likeness (QED) is 0.0865. The molecule has 1 aromatic carbocycles. The second-order valence-corrected chi connectivity index (χ2v) is 19.3. The van der Waals surface area contributed by atoms with E-state index in [4.69, 9.17) is 123 Å². The molecule has 0 bridgehead atoms. The number of hydrogen-bond donors (Lipinski definition) is 9. The molecule has 1 amide bonds. The van der Waals surface area contributed by atoms with E-state index in [9.17, 15) is 4.79 Å². The number of rotatable bonds is 7.